The van der Waals surface area contributed by atoms with Crippen molar-refractivity contribution >= 4 is 28.9 Å². The number of carbonyl (C=O) groups is 1. The zero-order chi connectivity index (χ0) is 31.0. The number of hydrogen-bond acceptors (Lipinski definition) is 9. The summed E-state index contributed by atoms with van der Waals surface area (Å²) in [7, 11) is 0. The summed E-state index contributed by atoms with van der Waals surface area (Å²) < 4.78 is 11.6. The fourth-order valence-corrected chi connectivity index (χ4v) is 5.27. The predicted octanol–water partition coefficient (Wildman–Crippen LogP) is 5.49. The van der Waals surface area contributed by atoms with Gasteiger partial charge in [-0.1, -0.05) is 42.6 Å². The third-order valence-electron chi connectivity index (χ3n) is 7.37. The minimum absolute atomic E-state index is 0.0224. The molecule has 1 heterocycles. The second-order valence-electron chi connectivity index (χ2n) is 11.5. The van der Waals surface area contributed by atoms with E-state index in [1.165, 1.54) is 31.2 Å². The number of β-amino-alcohol motifs (C(OH)–C–C–N with tert-alkyl or cyclic N) is 1. The predicted molar refractivity (Wildman–Crippen MR) is 165 cm³/mol. The van der Waals surface area contributed by atoms with Crippen molar-refractivity contribution in [1.82, 2.24) is 10.3 Å². The van der Waals surface area contributed by atoms with Gasteiger partial charge < -0.3 is 30.9 Å². The molecule has 0 saturated heterocycles. The number of nitro benzene ring substituents is 1. The molecule has 1 aliphatic carbocycles. The van der Waals surface area contributed by atoms with Gasteiger partial charge in [-0.25, -0.2) is 4.98 Å². The quantitative estimate of drug-likeness (QED) is 0.129. The highest BCUT2D eigenvalue weighted by molar-refractivity contribution is 6.32. The molecular formula is C31H38ClN5O6. The maximum atomic E-state index is 11.6. The van der Waals surface area contributed by atoms with Crippen molar-refractivity contribution in [2.75, 3.05) is 25.0 Å². The molecule has 0 unspecified atom stereocenters. The third kappa shape index (κ3) is 9.28. The highest BCUT2D eigenvalue weighted by atomic mass is 35.5. The molecule has 0 radical (unpaired) electrons. The third-order valence-corrected chi connectivity index (χ3v) is 7.64. The summed E-state index contributed by atoms with van der Waals surface area (Å²) in [5.74, 6) is 0.917. The maximum Gasteiger partial charge on any atom is 0.296 e. The zero-order valence-corrected chi connectivity index (χ0v) is 25.1. The molecule has 1 fully saturated rings. The lowest BCUT2D eigenvalue weighted by atomic mass is 9.94. The zero-order valence-electron chi connectivity index (χ0n) is 24.3. The number of aliphatic hydroxyl groups is 1. The van der Waals surface area contributed by atoms with Gasteiger partial charge in [0.1, 0.15) is 29.2 Å². The topological polar surface area (TPSA) is 162 Å². The lowest BCUT2D eigenvalue weighted by Gasteiger charge is -2.28. The number of aromatic nitrogens is 1. The van der Waals surface area contributed by atoms with Crippen molar-refractivity contribution in [3.05, 3.63) is 81.0 Å². The number of rotatable bonds is 15. The molecule has 43 heavy (non-hydrogen) atoms. The Morgan fingerprint density at radius 1 is 1.23 bits per heavy atom. The van der Waals surface area contributed by atoms with E-state index in [1.54, 1.807) is 24.3 Å². The van der Waals surface area contributed by atoms with Crippen molar-refractivity contribution in [1.29, 1.82) is 0 Å². The van der Waals surface area contributed by atoms with Crippen LogP contribution in [0.15, 0.2) is 54.7 Å². The summed E-state index contributed by atoms with van der Waals surface area (Å²) in [5, 5.41) is 29.1. The number of hydrogen-bond donors (Lipinski definition) is 4. The Balaban J connectivity index is 1.28. The molecule has 1 aliphatic rings. The summed E-state index contributed by atoms with van der Waals surface area (Å²) in [5.41, 5.74) is 6.43. The standard InChI is InChI=1S/C31H38ClN5O6/c1-31(2,15-20-10-12-24(13-11-20)43-30-25(32)14-22(17-35-30)29(33)39)36-18-23(38)19-42-27-9-5-8-26(37(40)41)28(27)34-16-21-6-3-4-7-21/h5,8-14,17,21,23,34,36,38H,3-4,6-7,15-16,18-19H2,1-2H3,(H2,33,39)/t23-/m0/s1. The number of nitrogens with two attached hydrogens (primary N) is 1. The van der Waals surface area contributed by atoms with Crippen molar-refractivity contribution in [3.8, 4) is 17.4 Å². The number of primary amides is 1. The minimum Gasteiger partial charge on any atom is -0.488 e. The molecule has 4 rings (SSSR count). The number of nitrogens with zero attached hydrogens (tertiary/aromatic N) is 2. The molecule has 12 heteroatoms. The molecule has 1 amide bonds. The maximum absolute atomic E-state index is 11.6. The van der Waals surface area contributed by atoms with Crippen molar-refractivity contribution in [3.63, 3.8) is 0 Å². The average molecular weight is 612 g/mol. The van der Waals surface area contributed by atoms with Crippen LogP contribution in [0.3, 0.4) is 0 Å². The van der Waals surface area contributed by atoms with E-state index in [0.717, 1.165) is 18.4 Å². The molecule has 1 atom stereocenters. The molecule has 11 nitrogen and oxygen atoms in total. The van der Waals surface area contributed by atoms with Crippen LogP contribution in [0.1, 0.15) is 55.5 Å². The normalized spacial score (nSPS) is 14.3. The van der Waals surface area contributed by atoms with Gasteiger partial charge in [0.15, 0.2) is 5.69 Å². The number of ether oxygens (including phenoxy) is 2. The number of nitrogens with one attached hydrogen (secondary N) is 2. The molecule has 230 valence electrons. The van der Waals surface area contributed by atoms with Gasteiger partial charge in [-0.3, -0.25) is 14.9 Å². The van der Waals surface area contributed by atoms with Crippen molar-refractivity contribution in [2.24, 2.45) is 11.7 Å². The van der Waals surface area contributed by atoms with E-state index in [4.69, 9.17) is 26.8 Å². The van der Waals surface area contributed by atoms with Crippen LogP contribution in [0.25, 0.3) is 0 Å². The van der Waals surface area contributed by atoms with Crippen LogP contribution in [0, 0.1) is 16.0 Å². The first kappa shape index (κ1) is 32.0. The Kier molecular flexibility index (Phi) is 10.8. The Morgan fingerprint density at radius 3 is 2.60 bits per heavy atom. The van der Waals surface area contributed by atoms with Crippen LogP contribution in [-0.2, 0) is 6.42 Å². The number of carbonyl (C=O) groups excluding carboxylic acids is 1. The Morgan fingerprint density at radius 2 is 1.95 bits per heavy atom. The highest BCUT2D eigenvalue weighted by Crippen LogP contribution is 2.36. The molecule has 1 aromatic heterocycles. The van der Waals surface area contributed by atoms with Crippen LogP contribution in [0.2, 0.25) is 5.02 Å². The fourth-order valence-electron chi connectivity index (χ4n) is 5.06. The van der Waals surface area contributed by atoms with Gasteiger partial charge in [0.05, 0.1) is 10.5 Å². The molecule has 0 aliphatic heterocycles. The fraction of sp³-hybridized carbons (Fsp3) is 0.419. The number of halogens is 1. The van der Waals surface area contributed by atoms with Gasteiger partial charge >= 0.3 is 0 Å². The van der Waals surface area contributed by atoms with E-state index in [9.17, 15) is 20.0 Å². The SMILES string of the molecule is CC(C)(Cc1ccc(Oc2ncc(C(N)=O)cc2Cl)cc1)NC[C@H](O)COc1cccc([N+](=O)[O-])c1NCC1CCCC1. The van der Waals surface area contributed by atoms with E-state index in [-0.39, 0.29) is 40.8 Å². The molecule has 5 N–H and O–H groups in total. The monoisotopic (exact) mass is 611 g/mol. The molecule has 0 bridgehead atoms. The van der Waals surface area contributed by atoms with Gasteiger partial charge in [0, 0.05) is 30.9 Å². The van der Waals surface area contributed by atoms with E-state index >= 15 is 0 Å². The van der Waals surface area contributed by atoms with Crippen LogP contribution < -0.4 is 25.8 Å². The lowest BCUT2D eigenvalue weighted by molar-refractivity contribution is -0.384. The van der Waals surface area contributed by atoms with Crippen LogP contribution >= 0.6 is 11.6 Å². The first-order valence-corrected chi connectivity index (χ1v) is 14.7. The molecule has 3 aromatic rings. The average Bonchev–Trinajstić information content (AvgIpc) is 3.49. The summed E-state index contributed by atoms with van der Waals surface area (Å²) in [6.07, 6.45) is 5.73. The summed E-state index contributed by atoms with van der Waals surface area (Å²) in [6, 6.07) is 13.6. The summed E-state index contributed by atoms with van der Waals surface area (Å²) >= 11 is 6.16. The molecule has 2 aromatic carbocycles. The van der Waals surface area contributed by atoms with Crippen LogP contribution in [0.4, 0.5) is 11.4 Å². The van der Waals surface area contributed by atoms with Gasteiger partial charge in [-0.05, 0) is 68.9 Å². The number of nitro groups is 1. The molecule has 0 spiro atoms. The molecular weight excluding hydrogens is 574 g/mol. The summed E-state index contributed by atoms with van der Waals surface area (Å²) in [6.45, 7) is 4.95. The van der Waals surface area contributed by atoms with E-state index in [1.807, 2.05) is 26.0 Å². The number of para-hydroxylation sites is 1. The molecule has 1 saturated carbocycles. The Hall–Kier alpha value is -3.93. The van der Waals surface area contributed by atoms with E-state index < -0.39 is 16.9 Å². The number of pyridine rings is 1. The van der Waals surface area contributed by atoms with Gasteiger partial charge in [-0.2, -0.15) is 0 Å². The second kappa shape index (κ2) is 14.5. The number of anilines is 1. The van der Waals surface area contributed by atoms with E-state index in [2.05, 4.69) is 15.6 Å². The van der Waals surface area contributed by atoms with Crippen molar-refractivity contribution < 1.29 is 24.3 Å². The smallest absolute Gasteiger partial charge is 0.296 e. The van der Waals surface area contributed by atoms with Gasteiger partial charge in [0.25, 0.3) is 5.69 Å². The van der Waals surface area contributed by atoms with Crippen LogP contribution in [0.5, 0.6) is 17.4 Å². The first-order chi connectivity index (χ1) is 20.5. The van der Waals surface area contributed by atoms with Gasteiger partial charge in [0.2, 0.25) is 11.8 Å². The van der Waals surface area contributed by atoms with Crippen molar-refractivity contribution in [2.45, 2.75) is 57.6 Å². The summed E-state index contributed by atoms with van der Waals surface area (Å²) in [4.78, 5) is 26.6. The van der Waals surface area contributed by atoms with Crippen LogP contribution in [-0.4, -0.2) is 52.3 Å². The Bertz CT molecular complexity index is 1410. The van der Waals surface area contributed by atoms with Gasteiger partial charge in [-0.15, -0.1) is 0 Å². The highest BCUT2D eigenvalue weighted by Gasteiger charge is 2.23. The second-order valence-corrected chi connectivity index (χ2v) is 11.9. The first-order valence-electron chi connectivity index (χ1n) is 14.3. The Labute approximate surface area is 255 Å². The largest absolute Gasteiger partial charge is 0.488 e. The lowest BCUT2D eigenvalue weighted by Crippen LogP contribution is -2.46. The minimum atomic E-state index is -0.838. The number of benzene rings is 2. The number of amides is 1. The number of aliphatic hydroxyl groups excluding tert-OH is 1. The van der Waals surface area contributed by atoms with E-state index in [0.29, 0.717) is 36.1 Å².